The van der Waals surface area contributed by atoms with Gasteiger partial charge >= 0.3 is 5.97 Å². The van der Waals surface area contributed by atoms with Crippen LogP contribution in [-0.2, 0) is 35.2 Å². The van der Waals surface area contributed by atoms with Crippen molar-refractivity contribution in [3.05, 3.63) is 29.8 Å². The van der Waals surface area contributed by atoms with Crippen molar-refractivity contribution in [2.45, 2.75) is 49.9 Å². The molecular weight excluding hydrogens is 508 g/mol. The van der Waals surface area contributed by atoms with E-state index in [1.807, 2.05) is 0 Å². The number of carboxylic acids is 1. The molecule has 4 unspecified atom stereocenters. The first-order valence-corrected chi connectivity index (χ1v) is 12.5. The van der Waals surface area contributed by atoms with Crippen LogP contribution in [0.1, 0.15) is 24.8 Å². The fourth-order valence-electron chi connectivity index (χ4n) is 3.12. The van der Waals surface area contributed by atoms with E-state index >= 15 is 0 Å². The number of phenolic OH excluding ortho intramolecular Hbond substituents is 1. The maximum absolute atomic E-state index is 13.2. The van der Waals surface area contributed by atoms with Crippen molar-refractivity contribution in [2.75, 3.05) is 12.0 Å². The lowest BCUT2D eigenvalue weighted by molar-refractivity contribution is -0.143. The first-order valence-electron chi connectivity index (χ1n) is 11.1. The topological polar surface area (TPSA) is 257 Å². The molecule has 4 atom stereocenters. The summed E-state index contributed by atoms with van der Waals surface area (Å²) in [6, 6.07) is 0.393. The molecule has 0 saturated heterocycles. The lowest BCUT2D eigenvalue weighted by Crippen LogP contribution is -2.58. The SMILES string of the molecule is CSCCC(NC(=O)C(Cc1ccc(O)cc1)NC(=O)C(N)CC(N)=O)C(=O)NC(CC(N)=O)C(=O)O. The number of primary amides is 2. The average molecular weight is 541 g/mol. The van der Waals surface area contributed by atoms with Crippen LogP contribution in [0, 0.1) is 0 Å². The summed E-state index contributed by atoms with van der Waals surface area (Å²) in [7, 11) is 0. The Balaban J connectivity index is 3.13. The van der Waals surface area contributed by atoms with Gasteiger partial charge in [0.25, 0.3) is 0 Å². The molecule has 0 aromatic heterocycles. The second-order valence-electron chi connectivity index (χ2n) is 8.12. The predicted molar refractivity (Wildman–Crippen MR) is 134 cm³/mol. The van der Waals surface area contributed by atoms with Gasteiger partial charge in [0, 0.05) is 6.42 Å². The van der Waals surface area contributed by atoms with Crippen molar-refractivity contribution in [3.8, 4) is 5.75 Å². The highest BCUT2D eigenvalue weighted by atomic mass is 32.2. The largest absolute Gasteiger partial charge is 0.508 e. The van der Waals surface area contributed by atoms with Crippen LogP contribution in [0.5, 0.6) is 5.75 Å². The van der Waals surface area contributed by atoms with Gasteiger partial charge in [-0.25, -0.2) is 4.79 Å². The van der Waals surface area contributed by atoms with Crippen LogP contribution in [-0.4, -0.2) is 81.9 Å². The standard InChI is InChI=1S/C22H32N6O8S/c1-37-7-6-14(20(33)28-16(22(35)36)10-18(25)31)26-21(34)15(8-11-2-4-12(29)5-3-11)27-19(32)13(23)9-17(24)30/h2-5,13-16,29H,6-10,23H2,1H3,(H2,24,30)(H2,25,31)(H,26,34)(H,27,32)(H,28,33)(H,35,36). The summed E-state index contributed by atoms with van der Waals surface area (Å²) in [6.45, 7) is 0. The summed E-state index contributed by atoms with van der Waals surface area (Å²) in [5.41, 5.74) is 16.3. The Morgan fingerprint density at radius 2 is 1.35 bits per heavy atom. The number of benzene rings is 1. The van der Waals surface area contributed by atoms with Gasteiger partial charge in [0.05, 0.1) is 18.9 Å². The predicted octanol–water partition coefficient (Wildman–Crippen LogP) is -2.70. The molecular formula is C22H32N6O8S. The molecule has 1 aromatic rings. The van der Waals surface area contributed by atoms with Gasteiger partial charge < -0.3 is 43.4 Å². The summed E-state index contributed by atoms with van der Waals surface area (Å²) in [4.78, 5) is 72.2. The summed E-state index contributed by atoms with van der Waals surface area (Å²) in [5, 5.41) is 25.9. The number of nitrogens with two attached hydrogens (primary N) is 3. The van der Waals surface area contributed by atoms with Crippen LogP contribution < -0.4 is 33.2 Å². The van der Waals surface area contributed by atoms with Gasteiger partial charge in [0.1, 0.15) is 23.9 Å². The lowest BCUT2D eigenvalue weighted by atomic mass is 10.0. The third kappa shape index (κ3) is 11.6. The van der Waals surface area contributed by atoms with Crippen molar-refractivity contribution >= 4 is 47.3 Å². The fourth-order valence-corrected chi connectivity index (χ4v) is 3.59. The first kappa shape index (κ1) is 31.2. The molecule has 0 heterocycles. The monoisotopic (exact) mass is 540 g/mol. The van der Waals surface area contributed by atoms with Crippen LogP contribution in [0.2, 0.25) is 0 Å². The number of nitrogens with one attached hydrogen (secondary N) is 3. The third-order valence-electron chi connectivity index (χ3n) is 5.03. The number of aliphatic carboxylic acids is 1. The average Bonchev–Trinajstić information content (AvgIpc) is 2.81. The zero-order valence-electron chi connectivity index (χ0n) is 20.1. The molecule has 0 aliphatic heterocycles. The number of aromatic hydroxyl groups is 1. The molecule has 1 aromatic carbocycles. The molecule has 37 heavy (non-hydrogen) atoms. The van der Waals surface area contributed by atoms with Crippen molar-refractivity contribution in [3.63, 3.8) is 0 Å². The van der Waals surface area contributed by atoms with Crippen LogP contribution >= 0.6 is 11.8 Å². The highest BCUT2D eigenvalue weighted by Gasteiger charge is 2.31. The molecule has 0 saturated carbocycles. The molecule has 0 aliphatic rings. The summed E-state index contributed by atoms with van der Waals surface area (Å²) >= 11 is 1.37. The second kappa shape index (κ2) is 15.3. The molecule has 11 N–H and O–H groups in total. The Morgan fingerprint density at radius 1 is 0.838 bits per heavy atom. The van der Waals surface area contributed by atoms with E-state index in [-0.39, 0.29) is 18.6 Å². The van der Waals surface area contributed by atoms with E-state index in [0.29, 0.717) is 11.3 Å². The zero-order valence-corrected chi connectivity index (χ0v) is 21.0. The molecule has 1 rings (SSSR count). The number of carbonyl (C=O) groups is 6. The van der Waals surface area contributed by atoms with Crippen molar-refractivity contribution in [1.29, 1.82) is 0 Å². The van der Waals surface area contributed by atoms with Gasteiger partial charge in [-0.2, -0.15) is 11.8 Å². The van der Waals surface area contributed by atoms with Crippen molar-refractivity contribution in [2.24, 2.45) is 17.2 Å². The van der Waals surface area contributed by atoms with Gasteiger partial charge in [-0.05, 0) is 36.1 Å². The Kier molecular flexibility index (Phi) is 12.9. The second-order valence-corrected chi connectivity index (χ2v) is 9.11. The molecule has 0 bridgehead atoms. The van der Waals surface area contributed by atoms with E-state index in [1.54, 1.807) is 6.26 Å². The highest BCUT2D eigenvalue weighted by molar-refractivity contribution is 7.98. The molecule has 14 nitrogen and oxygen atoms in total. The first-order chi connectivity index (χ1) is 17.3. The Morgan fingerprint density at radius 3 is 1.86 bits per heavy atom. The Labute approximate surface area is 217 Å². The summed E-state index contributed by atoms with van der Waals surface area (Å²) in [5.74, 6) is -5.36. The van der Waals surface area contributed by atoms with Gasteiger partial charge in [-0.1, -0.05) is 12.1 Å². The van der Waals surface area contributed by atoms with E-state index < -0.39 is 72.5 Å². The summed E-state index contributed by atoms with van der Waals surface area (Å²) < 4.78 is 0. The summed E-state index contributed by atoms with van der Waals surface area (Å²) in [6.07, 6.45) is 0.675. The minimum atomic E-state index is -1.60. The lowest BCUT2D eigenvalue weighted by Gasteiger charge is -2.25. The quantitative estimate of drug-likeness (QED) is 0.108. The van der Waals surface area contributed by atoms with Gasteiger partial charge in [-0.15, -0.1) is 0 Å². The van der Waals surface area contributed by atoms with Crippen LogP contribution in [0.25, 0.3) is 0 Å². The van der Waals surface area contributed by atoms with E-state index in [9.17, 15) is 39.0 Å². The number of carbonyl (C=O) groups excluding carboxylic acids is 5. The van der Waals surface area contributed by atoms with Crippen LogP contribution in [0.4, 0.5) is 0 Å². The van der Waals surface area contributed by atoms with Gasteiger partial charge in [0.15, 0.2) is 0 Å². The zero-order chi connectivity index (χ0) is 28.1. The highest BCUT2D eigenvalue weighted by Crippen LogP contribution is 2.12. The number of carboxylic acid groups (broad SMARTS) is 1. The van der Waals surface area contributed by atoms with Crippen molar-refractivity contribution < 1.29 is 39.0 Å². The third-order valence-corrected chi connectivity index (χ3v) is 5.67. The Bertz CT molecular complexity index is 990. The number of phenols is 1. The fraction of sp³-hybridized carbons (Fsp3) is 0.455. The Hall–Kier alpha value is -3.85. The minimum absolute atomic E-state index is 0.0185. The molecule has 0 spiro atoms. The molecule has 5 amide bonds. The number of amides is 5. The number of hydrogen-bond acceptors (Lipinski definition) is 9. The number of hydrogen-bond donors (Lipinski definition) is 8. The maximum Gasteiger partial charge on any atom is 0.326 e. The van der Waals surface area contributed by atoms with E-state index in [0.717, 1.165) is 0 Å². The maximum atomic E-state index is 13.2. The minimum Gasteiger partial charge on any atom is -0.508 e. The molecule has 0 fully saturated rings. The number of rotatable bonds is 16. The molecule has 204 valence electrons. The smallest absolute Gasteiger partial charge is 0.326 e. The van der Waals surface area contributed by atoms with E-state index in [4.69, 9.17) is 17.2 Å². The van der Waals surface area contributed by atoms with Gasteiger partial charge in [-0.3, -0.25) is 24.0 Å². The van der Waals surface area contributed by atoms with Crippen LogP contribution in [0.15, 0.2) is 24.3 Å². The van der Waals surface area contributed by atoms with E-state index in [1.165, 1.54) is 36.0 Å². The normalized spacial score (nSPS) is 13.9. The molecule has 0 aliphatic carbocycles. The molecule has 15 heteroatoms. The van der Waals surface area contributed by atoms with Crippen LogP contribution in [0.3, 0.4) is 0 Å². The van der Waals surface area contributed by atoms with E-state index in [2.05, 4.69) is 16.0 Å². The van der Waals surface area contributed by atoms with Gasteiger partial charge in [0.2, 0.25) is 29.5 Å². The molecule has 0 radical (unpaired) electrons. The number of thioether (sulfide) groups is 1. The van der Waals surface area contributed by atoms with Crippen molar-refractivity contribution in [1.82, 2.24) is 16.0 Å².